The fourth-order valence-electron chi connectivity index (χ4n) is 1.78. The normalized spacial score (nSPS) is 11.7. The van der Waals surface area contributed by atoms with Gasteiger partial charge in [-0.3, -0.25) is 4.79 Å². The summed E-state index contributed by atoms with van der Waals surface area (Å²) < 4.78 is 1.89. The standard InChI is InChI=1S/C12H19NO/c1-5-8-12(2,3)11(14)10-7-6-9-13(10)4/h6-7,9H,5,8H2,1-4H3. The van der Waals surface area contributed by atoms with Crippen LogP contribution in [-0.4, -0.2) is 10.4 Å². The van der Waals surface area contributed by atoms with Crippen LogP contribution in [0.1, 0.15) is 44.1 Å². The van der Waals surface area contributed by atoms with Gasteiger partial charge in [0.2, 0.25) is 0 Å². The molecule has 1 rings (SSSR count). The molecule has 0 saturated heterocycles. The lowest BCUT2D eigenvalue weighted by Gasteiger charge is -2.22. The quantitative estimate of drug-likeness (QED) is 0.674. The molecule has 2 heteroatoms. The van der Waals surface area contributed by atoms with Crippen molar-refractivity contribution in [2.75, 3.05) is 0 Å². The van der Waals surface area contributed by atoms with Crippen molar-refractivity contribution in [3.63, 3.8) is 0 Å². The van der Waals surface area contributed by atoms with Gasteiger partial charge in [0.25, 0.3) is 0 Å². The molecule has 0 bridgehead atoms. The van der Waals surface area contributed by atoms with Crippen LogP contribution >= 0.6 is 0 Å². The lowest BCUT2D eigenvalue weighted by atomic mass is 9.82. The number of Topliss-reactive ketones (excluding diaryl/α,β-unsaturated/α-hetero) is 1. The lowest BCUT2D eigenvalue weighted by molar-refractivity contribution is 0.0816. The van der Waals surface area contributed by atoms with Crippen molar-refractivity contribution in [1.29, 1.82) is 0 Å². The summed E-state index contributed by atoms with van der Waals surface area (Å²) in [5, 5.41) is 0. The van der Waals surface area contributed by atoms with Crippen molar-refractivity contribution < 1.29 is 4.79 Å². The highest BCUT2D eigenvalue weighted by Crippen LogP contribution is 2.27. The van der Waals surface area contributed by atoms with Gasteiger partial charge in [-0.25, -0.2) is 0 Å². The Hall–Kier alpha value is -1.05. The molecule has 0 aliphatic heterocycles. The summed E-state index contributed by atoms with van der Waals surface area (Å²) in [6.07, 6.45) is 3.90. The molecule has 0 radical (unpaired) electrons. The van der Waals surface area contributed by atoms with Crippen LogP contribution in [0, 0.1) is 5.41 Å². The van der Waals surface area contributed by atoms with Crippen LogP contribution in [0.3, 0.4) is 0 Å². The first-order chi connectivity index (χ1) is 6.49. The second kappa shape index (κ2) is 3.99. The predicted octanol–water partition coefficient (Wildman–Crippen LogP) is 3.03. The molecule has 1 heterocycles. The van der Waals surface area contributed by atoms with E-state index in [1.165, 1.54) is 0 Å². The van der Waals surface area contributed by atoms with Crippen LogP contribution in [0.4, 0.5) is 0 Å². The molecule has 0 atom stereocenters. The lowest BCUT2D eigenvalue weighted by Crippen LogP contribution is -2.25. The maximum atomic E-state index is 12.1. The summed E-state index contributed by atoms with van der Waals surface area (Å²) in [6, 6.07) is 3.80. The van der Waals surface area contributed by atoms with Gasteiger partial charge in [-0.1, -0.05) is 27.2 Å². The molecule has 0 amide bonds. The predicted molar refractivity (Wildman–Crippen MR) is 58.4 cm³/mol. The van der Waals surface area contributed by atoms with Crippen molar-refractivity contribution in [3.8, 4) is 0 Å². The van der Waals surface area contributed by atoms with E-state index in [0.29, 0.717) is 0 Å². The van der Waals surface area contributed by atoms with Gasteiger partial charge in [0.15, 0.2) is 5.78 Å². The van der Waals surface area contributed by atoms with Gasteiger partial charge >= 0.3 is 0 Å². The summed E-state index contributed by atoms with van der Waals surface area (Å²) >= 11 is 0. The van der Waals surface area contributed by atoms with Crippen LogP contribution in [0.15, 0.2) is 18.3 Å². The number of hydrogen-bond acceptors (Lipinski definition) is 1. The zero-order valence-corrected chi connectivity index (χ0v) is 9.50. The zero-order valence-electron chi connectivity index (χ0n) is 9.50. The molecule has 0 fully saturated rings. The molecule has 0 aliphatic carbocycles. The van der Waals surface area contributed by atoms with Crippen LogP contribution in [0.2, 0.25) is 0 Å². The number of aromatic nitrogens is 1. The molecule has 0 saturated carbocycles. The number of rotatable bonds is 4. The van der Waals surface area contributed by atoms with Gasteiger partial charge in [0.05, 0.1) is 5.69 Å². The van der Waals surface area contributed by atoms with Crippen LogP contribution in [0.25, 0.3) is 0 Å². The highest BCUT2D eigenvalue weighted by atomic mass is 16.1. The number of carbonyl (C=O) groups excluding carboxylic acids is 1. The van der Waals surface area contributed by atoms with Crippen molar-refractivity contribution in [2.45, 2.75) is 33.6 Å². The third kappa shape index (κ3) is 2.06. The molecular formula is C12H19NO. The maximum Gasteiger partial charge on any atom is 0.184 e. The van der Waals surface area contributed by atoms with E-state index in [0.717, 1.165) is 18.5 Å². The van der Waals surface area contributed by atoms with Gasteiger partial charge in [-0.2, -0.15) is 0 Å². The van der Waals surface area contributed by atoms with Crippen molar-refractivity contribution in [1.82, 2.24) is 4.57 Å². The van der Waals surface area contributed by atoms with E-state index in [1.54, 1.807) is 0 Å². The molecule has 0 unspecified atom stereocenters. The summed E-state index contributed by atoms with van der Waals surface area (Å²) in [4.78, 5) is 12.1. The third-order valence-corrected chi connectivity index (χ3v) is 2.67. The van der Waals surface area contributed by atoms with Crippen molar-refractivity contribution >= 4 is 5.78 Å². The largest absolute Gasteiger partial charge is 0.348 e. The number of hydrogen-bond donors (Lipinski definition) is 0. The first-order valence-electron chi connectivity index (χ1n) is 5.15. The van der Waals surface area contributed by atoms with Gasteiger partial charge in [0, 0.05) is 18.7 Å². The molecule has 1 aromatic heterocycles. The Morgan fingerprint density at radius 2 is 2.14 bits per heavy atom. The highest BCUT2D eigenvalue weighted by Gasteiger charge is 2.28. The number of nitrogens with zero attached hydrogens (tertiary/aromatic N) is 1. The Labute approximate surface area is 85.9 Å². The number of aryl methyl sites for hydroxylation is 1. The fourth-order valence-corrected chi connectivity index (χ4v) is 1.78. The number of carbonyl (C=O) groups is 1. The van der Waals surface area contributed by atoms with Crippen molar-refractivity contribution in [2.24, 2.45) is 12.5 Å². The topological polar surface area (TPSA) is 22.0 Å². The van der Waals surface area contributed by atoms with Crippen LogP contribution in [-0.2, 0) is 7.05 Å². The Kier molecular flexibility index (Phi) is 3.14. The molecule has 14 heavy (non-hydrogen) atoms. The molecular weight excluding hydrogens is 174 g/mol. The molecule has 0 aromatic carbocycles. The van der Waals surface area contributed by atoms with E-state index < -0.39 is 0 Å². The first kappa shape index (κ1) is 11.0. The van der Waals surface area contributed by atoms with Crippen LogP contribution in [0.5, 0.6) is 0 Å². The van der Waals surface area contributed by atoms with Crippen molar-refractivity contribution in [3.05, 3.63) is 24.0 Å². The average molecular weight is 193 g/mol. The summed E-state index contributed by atoms with van der Waals surface area (Å²) in [6.45, 7) is 6.15. The fraction of sp³-hybridized carbons (Fsp3) is 0.583. The van der Waals surface area contributed by atoms with Crippen LogP contribution < -0.4 is 0 Å². The van der Waals surface area contributed by atoms with Gasteiger partial charge in [0.1, 0.15) is 0 Å². The molecule has 0 spiro atoms. The van der Waals surface area contributed by atoms with E-state index in [2.05, 4.69) is 6.92 Å². The third-order valence-electron chi connectivity index (χ3n) is 2.67. The van der Waals surface area contributed by atoms with Gasteiger partial charge in [-0.15, -0.1) is 0 Å². The summed E-state index contributed by atoms with van der Waals surface area (Å²) in [5.41, 5.74) is 0.573. The smallest absolute Gasteiger partial charge is 0.184 e. The second-order valence-corrected chi connectivity index (χ2v) is 4.47. The monoisotopic (exact) mass is 193 g/mol. The minimum atomic E-state index is -0.235. The van der Waals surface area contributed by atoms with E-state index in [-0.39, 0.29) is 11.2 Å². The molecule has 0 aliphatic rings. The molecule has 0 N–H and O–H groups in total. The minimum absolute atomic E-state index is 0.235. The average Bonchev–Trinajstić information content (AvgIpc) is 2.50. The summed E-state index contributed by atoms with van der Waals surface area (Å²) in [5.74, 6) is 0.242. The first-order valence-corrected chi connectivity index (χ1v) is 5.15. The Morgan fingerprint density at radius 3 is 2.57 bits per heavy atom. The second-order valence-electron chi connectivity index (χ2n) is 4.47. The SMILES string of the molecule is CCCC(C)(C)C(=O)c1cccn1C. The Bertz CT molecular complexity index is 323. The minimum Gasteiger partial charge on any atom is -0.348 e. The van der Waals surface area contributed by atoms with E-state index in [4.69, 9.17) is 0 Å². The Morgan fingerprint density at radius 1 is 1.50 bits per heavy atom. The Balaban J connectivity index is 2.90. The van der Waals surface area contributed by atoms with Gasteiger partial charge < -0.3 is 4.57 Å². The maximum absolute atomic E-state index is 12.1. The van der Waals surface area contributed by atoms with E-state index in [9.17, 15) is 4.79 Å². The van der Waals surface area contributed by atoms with E-state index >= 15 is 0 Å². The van der Waals surface area contributed by atoms with E-state index in [1.807, 2.05) is 43.8 Å². The highest BCUT2D eigenvalue weighted by molar-refractivity contribution is 5.98. The molecule has 1 aromatic rings. The zero-order chi connectivity index (χ0) is 10.8. The molecule has 2 nitrogen and oxygen atoms in total. The summed E-state index contributed by atoms with van der Waals surface area (Å²) in [7, 11) is 1.91. The number of ketones is 1. The molecule has 78 valence electrons. The van der Waals surface area contributed by atoms with Gasteiger partial charge in [-0.05, 0) is 18.6 Å².